The van der Waals surface area contributed by atoms with Crippen molar-refractivity contribution in [1.29, 1.82) is 0 Å². The number of nitrogens with zero attached hydrogens (tertiary/aromatic N) is 1. The van der Waals surface area contributed by atoms with Gasteiger partial charge in [-0.3, -0.25) is 9.59 Å². The average Bonchev–Trinajstić information content (AvgIpc) is 3.20. The highest BCUT2D eigenvalue weighted by Gasteiger charge is 2.49. The van der Waals surface area contributed by atoms with Crippen LogP contribution in [0, 0.1) is 17.8 Å². The van der Waals surface area contributed by atoms with Crippen molar-refractivity contribution in [1.82, 2.24) is 4.57 Å². The Morgan fingerprint density at radius 1 is 1.12 bits per heavy atom. The number of nitrogens with one attached hydrogen (secondary N) is 1. The molecule has 1 aromatic heterocycles. The number of fused-ring (bicyclic) bond motifs is 2. The molecule has 2 aromatic rings. The van der Waals surface area contributed by atoms with Crippen LogP contribution in [-0.2, 0) is 11.3 Å². The Morgan fingerprint density at radius 2 is 1.88 bits per heavy atom. The second-order valence-corrected chi connectivity index (χ2v) is 7.27. The average molecular weight is 337 g/mol. The topological polar surface area (TPSA) is 77.1 Å². The van der Waals surface area contributed by atoms with E-state index in [0.29, 0.717) is 24.1 Å². The van der Waals surface area contributed by atoms with Gasteiger partial charge in [0, 0.05) is 12.2 Å². The van der Waals surface area contributed by atoms with Gasteiger partial charge in [0.1, 0.15) is 5.69 Å². The molecule has 5 heteroatoms. The predicted octanol–water partition coefficient (Wildman–Crippen LogP) is 2.21. The minimum atomic E-state index is -0.184. The quantitative estimate of drug-likeness (QED) is 0.898. The fourth-order valence-corrected chi connectivity index (χ4v) is 4.48. The van der Waals surface area contributed by atoms with Gasteiger partial charge in [-0.05, 0) is 48.8 Å². The standard InChI is InChI=1S/C20H23N3O2/c21-18-15-9-8-14(11-15)17(18)19(24)22-16-7-4-10-23(20(16)25)12-13-5-2-1-3-6-13/h1-7,10,14-15,17-18H,8-9,11-12,21H2,(H,22,24). The number of hydrogen-bond acceptors (Lipinski definition) is 3. The summed E-state index contributed by atoms with van der Waals surface area (Å²) in [6, 6.07) is 13.2. The molecule has 130 valence electrons. The largest absolute Gasteiger partial charge is 0.327 e. The van der Waals surface area contributed by atoms with Crippen LogP contribution in [0.15, 0.2) is 53.5 Å². The summed E-state index contributed by atoms with van der Waals surface area (Å²) in [5, 5.41) is 2.84. The summed E-state index contributed by atoms with van der Waals surface area (Å²) in [4.78, 5) is 25.4. The van der Waals surface area contributed by atoms with Crippen LogP contribution in [-0.4, -0.2) is 16.5 Å². The highest BCUT2D eigenvalue weighted by Crippen LogP contribution is 2.47. The molecule has 0 spiro atoms. The molecule has 2 bridgehead atoms. The molecular formula is C20H23N3O2. The van der Waals surface area contributed by atoms with Gasteiger partial charge in [0.15, 0.2) is 0 Å². The number of pyridine rings is 1. The van der Waals surface area contributed by atoms with Gasteiger partial charge in [0.25, 0.3) is 5.56 Å². The first-order valence-electron chi connectivity index (χ1n) is 8.93. The molecule has 2 saturated carbocycles. The van der Waals surface area contributed by atoms with Gasteiger partial charge >= 0.3 is 0 Å². The van der Waals surface area contributed by atoms with Crippen molar-refractivity contribution in [2.75, 3.05) is 5.32 Å². The van der Waals surface area contributed by atoms with E-state index < -0.39 is 0 Å². The van der Waals surface area contributed by atoms with Gasteiger partial charge < -0.3 is 15.6 Å². The van der Waals surface area contributed by atoms with Gasteiger partial charge in [-0.15, -0.1) is 0 Å². The molecule has 4 atom stereocenters. The lowest BCUT2D eigenvalue weighted by Crippen LogP contribution is -2.43. The van der Waals surface area contributed by atoms with Gasteiger partial charge in [-0.1, -0.05) is 30.3 Å². The fraction of sp³-hybridized carbons (Fsp3) is 0.400. The second-order valence-electron chi connectivity index (χ2n) is 7.27. The summed E-state index contributed by atoms with van der Waals surface area (Å²) in [5.41, 5.74) is 7.44. The third kappa shape index (κ3) is 3.00. The molecule has 2 aliphatic rings. The van der Waals surface area contributed by atoms with E-state index in [1.807, 2.05) is 30.3 Å². The predicted molar refractivity (Wildman–Crippen MR) is 97.2 cm³/mol. The van der Waals surface area contributed by atoms with Crippen LogP contribution in [0.25, 0.3) is 0 Å². The smallest absolute Gasteiger partial charge is 0.274 e. The molecule has 1 amide bonds. The molecule has 0 saturated heterocycles. The first-order chi connectivity index (χ1) is 12.1. The van der Waals surface area contributed by atoms with E-state index in [1.165, 1.54) is 0 Å². The van der Waals surface area contributed by atoms with Crippen LogP contribution in [0.4, 0.5) is 5.69 Å². The van der Waals surface area contributed by atoms with E-state index in [2.05, 4.69) is 5.32 Å². The Labute approximate surface area is 146 Å². The molecule has 2 fully saturated rings. The van der Waals surface area contributed by atoms with Gasteiger partial charge in [0.05, 0.1) is 12.5 Å². The maximum Gasteiger partial charge on any atom is 0.274 e. The van der Waals surface area contributed by atoms with E-state index in [4.69, 9.17) is 5.73 Å². The van der Waals surface area contributed by atoms with E-state index in [-0.39, 0.29) is 23.4 Å². The molecule has 1 heterocycles. The number of rotatable bonds is 4. The molecular weight excluding hydrogens is 314 g/mol. The van der Waals surface area contributed by atoms with Crippen molar-refractivity contribution in [3.63, 3.8) is 0 Å². The first kappa shape index (κ1) is 16.1. The maximum absolute atomic E-state index is 12.7. The monoisotopic (exact) mass is 337 g/mol. The molecule has 0 radical (unpaired) electrons. The van der Waals surface area contributed by atoms with E-state index >= 15 is 0 Å². The molecule has 4 unspecified atom stereocenters. The van der Waals surface area contributed by atoms with E-state index in [0.717, 1.165) is 24.8 Å². The van der Waals surface area contributed by atoms with Crippen molar-refractivity contribution >= 4 is 11.6 Å². The zero-order valence-corrected chi connectivity index (χ0v) is 14.1. The lowest BCUT2D eigenvalue weighted by Gasteiger charge is -2.26. The zero-order chi connectivity index (χ0) is 17.4. The number of anilines is 1. The van der Waals surface area contributed by atoms with Crippen LogP contribution in [0.2, 0.25) is 0 Å². The number of hydrogen-bond donors (Lipinski definition) is 2. The van der Waals surface area contributed by atoms with Crippen molar-refractivity contribution in [3.8, 4) is 0 Å². The van der Waals surface area contributed by atoms with Crippen molar-refractivity contribution < 1.29 is 4.79 Å². The first-order valence-corrected chi connectivity index (χ1v) is 8.93. The molecule has 1 aromatic carbocycles. The van der Waals surface area contributed by atoms with Crippen LogP contribution in [0.1, 0.15) is 24.8 Å². The Kier molecular flexibility index (Phi) is 4.17. The summed E-state index contributed by atoms with van der Waals surface area (Å²) < 4.78 is 1.62. The molecule has 0 aliphatic heterocycles. The van der Waals surface area contributed by atoms with Gasteiger partial charge in [-0.2, -0.15) is 0 Å². The van der Waals surface area contributed by atoms with Crippen LogP contribution >= 0.6 is 0 Å². The minimum absolute atomic E-state index is 0.0750. The number of carbonyl (C=O) groups excluding carboxylic acids is 1. The summed E-state index contributed by atoms with van der Waals surface area (Å²) in [6.45, 7) is 0.483. The van der Waals surface area contributed by atoms with Crippen LogP contribution < -0.4 is 16.6 Å². The van der Waals surface area contributed by atoms with Crippen LogP contribution in [0.3, 0.4) is 0 Å². The number of nitrogens with two attached hydrogens (primary N) is 1. The fourth-order valence-electron chi connectivity index (χ4n) is 4.48. The number of benzene rings is 1. The number of aromatic nitrogens is 1. The van der Waals surface area contributed by atoms with E-state index in [9.17, 15) is 9.59 Å². The SMILES string of the molecule is NC1C2CCC(C2)C1C(=O)Nc1cccn(Cc2ccccc2)c1=O. The highest BCUT2D eigenvalue weighted by atomic mass is 16.2. The summed E-state index contributed by atoms with van der Waals surface area (Å²) in [6.07, 6.45) is 4.99. The molecule has 3 N–H and O–H groups in total. The highest BCUT2D eigenvalue weighted by molar-refractivity contribution is 5.93. The lowest BCUT2D eigenvalue weighted by atomic mass is 9.84. The molecule has 4 rings (SSSR count). The Bertz CT molecular complexity index is 828. The maximum atomic E-state index is 12.7. The zero-order valence-electron chi connectivity index (χ0n) is 14.1. The van der Waals surface area contributed by atoms with E-state index in [1.54, 1.807) is 22.9 Å². The number of carbonyl (C=O) groups is 1. The van der Waals surface area contributed by atoms with Crippen molar-refractivity contribution in [3.05, 3.63) is 64.6 Å². The summed E-state index contributed by atoms with van der Waals surface area (Å²) in [5.74, 6) is 0.566. The lowest BCUT2D eigenvalue weighted by molar-refractivity contribution is -0.121. The summed E-state index contributed by atoms with van der Waals surface area (Å²) >= 11 is 0. The minimum Gasteiger partial charge on any atom is -0.327 e. The van der Waals surface area contributed by atoms with Crippen LogP contribution in [0.5, 0.6) is 0 Å². The molecule has 25 heavy (non-hydrogen) atoms. The van der Waals surface area contributed by atoms with Crippen molar-refractivity contribution in [2.24, 2.45) is 23.5 Å². The third-order valence-corrected chi connectivity index (χ3v) is 5.76. The van der Waals surface area contributed by atoms with Gasteiger partial charge in [-0.25, -0.2) is 0 Å². The normalized spacial score (nSPS) is 27.4. The number of amides is 1. The Morgan fingerprint density at radius 3 is 2.60 bits per heavy atom. The molecule has 2 aliphatic carbocycles. The van der Waals surface area contributed by atoms with Crippen molar-refractivity contribution in [2.45, 2.75) is 31.8 Å². The second kappa shape index (κ2) is 6.48. The van der Waals surface area contributed by atoms with Gasteiger partial charge in [0.2, 0.25) is 5.91 Å². The third-order valence-electron chi connectivity index (χ3n) is 5.76. The Balaban J connectivity index is 1.52. The Hall–Kier alpha value is -2.40. The summed E-state index contributed by atoms with van der Waals surface area (Å²) in [7, 11) is 0. The molecule has 5 nitrogen and oxygen atoms in total.